The van der Waals surface area contributed by atoms with Gasteiger partial charge in [0.15, 0.2) is 12.2 Å². The fraction of sp³-hybridized carbons (Fsp3) is 0.464. The number of carbonyl (C=O) groups excluding carboxylic acids is 2. The van der Waals surface area contributed by atoms with Gasteiger partial charge < -0.3 is 14.6 Å². The maximum Gasteiger partial charge on any atom is 0.347 e. The van der Waals surface area contributed by atoms with E-state index in [0.29, 0.717) is 6.42 Å². The number of carboxylic acid groups (broad SMARTS) is 1. The van der Waals surface area contributed by atoms with Crippen LogP contribution in [0.5, 0.6) is 0 Å². The van der Waals surface area contributed by atoms with Crippen LogP contribution in [0.1, 0.15) is 72.1 Å². The molecule has 6 nitrogen and oxygen atoms in total. The summed E-state index contributed by atoms with van der Waals surface area (Å²) < 4.78 is 9.63. The summed E-state index contributed by atoms with van der Waals surface area (Å²) in [4.78, 5) is 34.1. The molecule has 0 radical (unpaired) electrons. The van der Waals surface area contributed by atoms with Crippen LogP contribution in [0.15, 0.2) is 72.9 Å². The third-order valence-corrected chi connectivity index (χ3v) is 4.39. The van der Waals surface area contributed by atoms with Crippen LogP contribution in [0.3, 0.4) is 0 Å². The molecule has 0 saturated carbocycles. The van der Waals surface area contributed by atoms with Crippen LogP contribution in [-0.2, 0) is 23.9 Å². The first-order chi connectivity index (χ1) is 16.4. The molecule has 188 valence electrons. The minimum Gasteiger partial charge on any atom is -0.479 e. The van der Waals surface area contributed by atoms with Gasteiger partial charge in [-0.15, -0.1) is 0 Å². The van der Waals surface area contributed by atoms with E-state index < -0.39 is 30.1 Å². The normalized spacial score (nSPS) is 14.2. The molecule has 34 heavy (non-hydrogen) atoms. The maximum absolute atomic E-state index is 11.7. The minimum absolute atomic E-state index is 0.133. The van der Waals surface area contributed by atoms with E-state index in [9.17, 15) is 14.4 Å². The van der Waals surface area contributed by atoms with Crippen LogP contribution >= 0.6 is 0 Å². The van der Waals surface area contributed by atoms with Gasteiger partial charge in [-0.1, -0.05) is 79.8 Å². The molecule has 0 aliphatic rings. The third-order valence-electron chi connectivity index (χ3n) is 4.39. The van der Waals surface area contributed by atoms with Crippen LogP contribution in [-0.4, -0.2) is 35.2 Å². The Morgan fingerprint density at radius 3 is 1.47 bits per heavy atom. The molecule has 0 aliphatic heterocycles. The molecule has 0 unspecified atom stereocenters. The number of carboxylic acids is 1. The number of hydrogen-bond acceptors (Lipinski definition) is 5. The largest absolute Gasteiger partial charge is 0.479 e. The van der Waals surface area contributed by atoms with E-state index in [0.717, 1.165) is 38.5 Å². The van der Waals surface area contributed by atoms with Crippen LogP contribution in [0, 0.1) is 0 Å². The van der Waals surface area contributed by atoms with Crippen molar-refractivity contribution in [2.75, 3.05) is 0 Å². The number of aliphatic carboxylic acids is 1. The zero-order valence-corrected chi connectivity index (χ0v) is 20.7. The standard InChI is InChI=1S/C28H40O6/c1-4-5-6-7-8-9-10-11-12-13-14-15-16-17-18-19-20-21-22-23-26(29)33-25(3)28(32)34-24(2)27(30)31/h5-6,8-9,11-12,14-15,17-18,20-21,24-25H,4,7,10,13,16,19,22-23H2,1-3H3,(H,30,31)/b6-5-,9-8-,12-11-,15-14-,18-17-,21-20-/t24-,25-/m0/s1. The van der Waals surface area contributed by atoms with Gasteiger partial charge in [-0.25, -0.2) is 9.59 Å². The Kier molecular flexibility index (Phi) is 19.7. The van der Waals surface area contributed by atoms with Gasteiger partial charge in [0, 0.05) is 6.42 Å². The summed E-state index contributed by atoms with van der Waals surface area (Å²) in [5.41, 5.74) is 0. The number of hydrogen-bond donors (Lipinski definition) is 1. The average molecular weight is 473 g/mol. The highest BCUT2D eigenvalue weighted by molar-refractivity contribution is 5.82. The molecule has 1 N–H and O–H groups in total. The van der Waals surface area contributed by atoms with Crippen molar-refractivity contribution < 1.29 is 29.0 Å². The van der Waals surface area contributed by atoms with Crippen LogP contribution < -0.4 is 0 Å². The molecule has 0 amide bonds. The van der Waals surface area contributed by atoms with E-state index in [1.807, 2.05) is 12.2 Å². The lowest BCUT2D eigenvalue weighted by atomic mass is 10.2. The molecule has 2 atom stereocenters. The number of ether oxygens (including phenoxy) is 2. The van der Waals surface area contributed by atoms with E-state index in [2.05, 4.69) is 72.4 Å². The number of allylic oxidation sites excluding steroid dienone is 12. The Labute approximate surface area is 204 Å². The molecule has 0 bridgehead atoms. The lowest BCUT2D eigenvalue weighted by Crippen LogP contribution is -2.32. The van der Waals surface area contributed by atoms with Crippen LogP contribution in [0.25, 0.3) is 0 Å². The Hall–Kier alpha value is -3.15. The molecule has 0 aliphatic carbocycles. The number of carbonyl (C=O) groups is 3. The Morgan fingerprint density at radius 1 is 0.647 bits per heavy atom. The summed E-state index contributed by atoms with van der Waals surface area (Å²) in [5, 5.41) is 8.71. The highest BCUT2D eigenvalue weighted by Crippen LogP contribution is 2.04. The zero-order valence-electron chi connectivity index (χ0n) is 20.7. The van der Waals surface area contributed by atoms with Crippen molar-refractivity contribution in [3.8, 4) is 0 Å². The average Bonchev–Trinajstić information content (AvgIpc) is 2.80. The van der Waals surface area contributed by atoms with Crippen molar-refractivity contribution >= 4 is 17.9 Å². The Bertz CT molecular complexity index is 755. The fourth-order valence-electron chi connectivity index (χ4n) is 2.47. The van der Waals surface area contributed by atoms with E-state index in [-0.39, 0.29) is 6.42 Å². The SMILES string of the molecule is CC/C=C\C/C=C\C/C=C\C/C=C\C/C=C\C/C=C\CCC(=O)O[C@@H](C)C(=O)O[C@@H](C)C(=O)O. The van der Waals surface area contributed by atoms with Gasteiger partial charge in [0.2, 0.25) is 0 Å². The molecule has 0 fully saturated rings. The molecule has 0 spiro atoms. The van der Waals surface area contributed by atoms with Gasteiger partial charge in [-0.2, -0.15) is 0 Å². The van der Waals surface area contributed by atoms with E-state index in [1.54, 1.807) is 0 Å². The highest BCUT2D eigenvalue weighted by atomic mass is 16.6. The maximum atomic E-state index is 11.7. The van der Waals surface area contributed by atoms with E-state index >= 15 is 0 Å². The zero-order chi connectivity index (χ0) is 25.4. The van der Waals surface area contributed by atoms with Gasteiger partial charge in [0.1, 0.15) is 0 Å². The minimum atomic E-state index is -1.28. The topological polar surface area (TPSA) is 89.9 Å². The van der Waals surface area contributed by atoms with Crippen LogP contribution in [0.4, 0.5) is 0 Å². The first kappa shape index (κ1) is 30.9. The van der Waals surface area contributed by atoms with Crippen molar-refractivity contribution in [3.05, 3.63) is 72.9 Å². The second-order valence-electron chi connectivity index (χ2n) is 7.50. The summed E-state index contributed by atoms with van der Waals surface area (Å²) in [6.45, 7) is 4.72. The van der Waals surface area contributed by atoms with E-state index in [1.165, 1.54) is 13.8 Å². The van der Waals surface area contributed by atoms with Crippen molar-refractivity contribution in [1.82, 2.24) is 0 Å². The predicted molar refractivity (Wildman–Crippen MR) is 136 cm³/mol. The molecule has 0 saturated heterocycles. The molecule has 0 aromatic heterocycles. The van der Waals surface area contributed by atoms with E-state index in [4.69, 9.17) is 9.84 Å². The summed E-state index contributed by atoms with van der Waals surface area (Å²) in [7, 11) is 0. The van der Waals surface area contributed by atoms with Gasteiger partial charge in [-0.3, -0.25) is 4.79 Å². The van der Waals surface area contributed by atoms with Gasteiger partial charge in [-0.05, 0) is 58.8 Å². The molecule has 0 rings (SSSR count). The second kappa shape index (κ2) is 21.7. The monoisotopic (exact) mass is 472 g/mol. The van der Waals surface area contributed by atoms with Crippen molar-refractivity contribution in [2.24, 2.45) is 0 Å². The van der Waals surface area contributed by atoms with Gasteiger partial charge >= 0.3 is 17.9 Å². The first-order valence-corrected chi connectivity index (χ1v) is 11.9. The van der Waals surface area contributed by atoms with Gasteiger partial charge in [0.05, 0.1) is 0 Å². The summed E-state index contributed by atoms with van der Waals surface area (Å²) >= 11 is 0. The Balaban J connectivity index is 3.81. The summed E-state index contributed by atoms with van der Waals surface area (Å²) in [5.74, 6) is -2.67. The smallest absolute Gasteiger partial charge is 0.347 e. The molecule has 0 heterocycles. The quantitative estimate of drug-likeness (QED) is 0.183. The van der Waals surface area contributed by atoms with Crippen LogP contribution in [0.2, 0.25) is 0 Å². The predicted octanol–water partition coefficient (Wildman–Crippen LogP) is 6.41. The molecule has 0 aromatic rings. The Morgan fingerprint density at radius 2 is 1.06 bits per heavy atom. The highest BCUT2D eigenvalue weighted by Gasteiger charge is 2.23. The van der Waals surface area contributed by atoms with Crippen molar-refractivity contribution in [2.45, 2.75) is 84.3 Å². The fourth-order valence-corrected chi connectivity index (χ4v) is 2.47. The molecule has 6 heteroatoms. The second-order valence-corrected chi connectivity index (χ2v) is 7.50. The summed E-state index contributed by atoms with van der Waals surface area (Å²) in [6.07, 6.45) is 29.2. The molecule has 0 aromatic carbocycles. The third kappa shape index (κ3) is 19.5. The first-order valence-electron chi connectivity index (χ1n) is 11.9. The van der Waals surface area contributed by atoms with Gasteiger partial charge in [0.25, 0.3) is 0 Å². The molecular formula is C28H40O6. The summed E-state index contributed by atoms with van der Waals surface area (Å²) in [6, 6.07) is 0. The lowest BCUT2D eigenvalue weighted by molar-refractivity contribution is -0.174. The van der Waals surface area contributed by atoms with Crippen molar-refractivity contribution in [3.63, 3.8) is 0 Å². The number of esters is 2. The lowest BCUT2D eigenvalue weighted by Gasteiger charge is -2.14. The van der Waals surface area contributed by atoms with Crippen molar-refractivity contribution in [1.29, 1.82) is 0 Å². The number of rotatable bonds is 18. The molecular weight excluding hydrogens is 432 g/mol.